The lowest BCUT2D eigenvalue weighted by Crippen LogP contribution is -2.36. The van der Waals surface area contributed by atoms with Crippen molar-refractivity contribution in [2.75, 3.05) is 4.72 Å². The zero-order valence-electron chi connectivity index (χ0n) is 20.2. The first-order valence-electron chi connectivity index (χ1n) is 11.4. The molecule has 0 radical (unpaired) electrons. The minimum atomic E-state index is -4.53. The molecular weight excluding hydrogens is 539 g/mol. The minimum Gasteiger partial charge on any atom is -0.487 e. The van der Waals surface area contributed by atoms with Gasteiger partial charge in [0.05, 0.1) is 10.5 Å². The van der Waals surface area contributed by atoms with Crippen molar-refractivity contribution in [2.24, 2.45) is 0 Å². The van der Waals surface area contributed by atoms with E-state index in [4.69, 9.17) is 9.47 Å². The number of thiazole rings is 1. The summed E-state index contributed by atoms with van der Waals surface area (Å²) in [4.78, 5) is 7.89. The van der Waals surface area contributed by atoms with E-state index in [0.29, 0.717) is 23.3 Å². The highest BCUT2D eigenvalue weighted by molar-refractivity contribution is 7.93. The van der Waals surface area contributed by atoms with E-state index in [1.807, 2.05) is 13.8 Å². The Balaban J connectivity index is 1.52. The molecule has 12 heteroatoms. The first-order chi connectivity index (χ1) is 17.9. The number of hydrogen-bond donors (Lipinski definition) is 1. The molecule has 0 amide bonds. The molecule has 4 aromatic rings. The second kappa shape index (κ2) is 9.59. The summed E-state index contributed by atoms with van der Waals surface area (Å²) in [6.07, 6.45) is -0.288. The van der Waals surface area contributed by atoms with Crippen LogP contribution in [0, 0.1) is 0 Å². The summed E-state index contributed by atoms with van der Waals surface area (Å²) >= 11 is 1.15. The van der Waals surface area contributed by atoms with E-state index in [2.05, 4.69) is 14.7 Å². The Morgan fingerprint density at radius 1 is 1.08 bits per heavy atom. The number of sulfonamides is 1. The average Bonchev–Trinajstić information content (AvgIpc) is 3.35. The second-order valence-corrected chi connectivity index (χ2v) is 11.8. The van der Waals surface area contributed by atoms with Crippen LogP contribution >= 0.6 is 11.3 Å². The number of nitrogens with one attached hydrogen (secondary N) is 1. The molecule has 0 fully saturated rings. The van der Waals surface area contributed by atoms with Gasteiger partial charge >= 0.3 is 6.18 Å². The first-order valence-corrected chi connectivity index (χ1v) is 13.8. The average molecular weight is 562 g/mol. The lowest BCUT2D eigenvalue weighted by molar-refractivity contribution is -0.137. The summed E-state index contributed by atoms with van der Waals surface area (Å²) in [6.45, 7) is 3.66. The van der Waals surface area contributed by atoms with E-state index in [1.54, 1.807) is 23.6 Å². The lowest BCUT2D eigenvalue weighted by Gasteiger charge is -2.38. The number of benzene rings is 2. The van der Waals surface area contributed by atoms with Gasteiger partial charge in [-0.1, -0.05) is 6.07 Å². The topological polar surface area (TPSA) is 90.4 Å². The van der Waals surface area contributed by atoms with E-state index >= 15 is 0 Å². The fraction of sp³-hybridized carbons (Fsp3) is 0.231. The maximum atomic E-state index is 13.5. The van der Waals surface area contributed by atoms with Crippen LogP contribution in [0.1, 0.15) is 37.5 Å². The highest BCUT2D eigenvalue weighted by Gasteiger charge is 2.37. The highest BCUT2D eigenvalue weighted by Crippen LogP contribution is 2.45. The zero-order valence-corrected chi connectivity index (χ0v) is 21.8. The van der Waals surface area contributed by atoms with Gasteiger partial charge < -0.3 is 9.47 Å². The molecule has 0 bridgehead atoms. The molecule has 1 atom stereocenters. The van der Waals surface area contributed by atoms with Crippen molar-refractivity contribution in [3.8, 4) is 22.6 Å². The van der Waals surface area contributed by atoms with E-state index in [-0.39, 0.29) is 21.3 Å². The van der Waals surface area contributed by atoms with E-state index in [1.165, 1.54) is 36.8 Å². The van der Waals surface area contributed by atoms with E-state index < -0.39 is 33.5 Å². The molecule has 3 heterocycles. The molecule has 0 saturated carbocycles. The quantitative estimate of drug-likeness (QED) is 0.282. The van der Waals surface area contributed by atoms with Crippen LogP contribution in [0.5, 0.6) is 11.5 Å². The normalized spacial score (nSPS) is 16.8. The highest BCUT2D eigenvalue weighted by atomic mass is 32.2. The minimum absolute atomic E-state index is 0.0186. The number of fused-ring (bicyclic) bond motifs is 1. The Morgan fingerprint density at radius 2 is 1.84 bits per heavy atom. The predicted molar refractivity (Wildman–Crippen MR) is 137 cm³/mol. The van der Waals surface area contributed by atoms with Crippen LogP contribution in [0.3, 0.4) is 0 Å². The number of halogens is 3. The number of ether oxygens (including phenoxy) is 2. The molecule has 5 rings (SSSR count). The summed E-state index contributed by atoms with van der Waals surface area (Å²) in [5.41, 5.74) is -0.182. The Hall–Kier alpha value is -3.64. The third kappa shape index (κ3) is 5.46. The van der Waals surface area contributed by atoms with Crippen LogP contribution in [-0.2, 0) is 16.2 Å². The summed E-state index contributed by atoms with van der Waals surface area (Å²) < 4.78 is 81.2. The van der Waals surface area contributed by atoms with Crippen LogP contribution in [0.2, 0.25) is 0 Å². The Bertz CT molecular complexity index is 1560. The van der Waals surface area contributed by atoms with Gasteiger partial charge in [-0.3, -0.25) is 9.71 Å². The van der Waals surface area contributed by atoms with Crippen LogP contribution in [0.25, 0.3) is 11.1 Å². The number of hydrogen-bond acceptors (Lipinski definition) is 7. The maximum Gasteiger partial charge on any atom is 0.416 e. The van der Waals surface area contributed by atoms with Crippen LogP contribution < -0.4 is 14.2 Å². The van der Waals surface area contributed by atoms with Crippen molar-refractivity contribution in [3.05, 3.63) is 83.6 Å². The number of anilines is 1. The molecule has 1 N–H and O–H groups in total. The van der Waals surface area contributed by atoms with Crippen molar-refractivity contribution in [1.29, 1.82) is 0 Å². The summed E-state index contributed by atoms with van der Waals surface area (Å²) in [5.74, 6) is 0.561. The van der Waals surface area contributed by atoms with Crippen molar-refractivity contribution in [2.45, 2.75) is 43.0 Å². The largest absolute Gasteiger partial charge is 0.487 e. The van der Waals surface area contributed by atoms with Crippen LogP contribution in [0.4, 0.5) is 18.3 Å². The van der Waals surface area contributed by atoms with Gasteiger partial charge in [0.2, 0.25) is 0 Å². The fourth-order valence-electron chi connectivity index (χ4n) is 4.20. The van der Waals surface area contributed by atoms with Crippen LogP contribution in [0.15, 0.2) is 77.4 Å². The molecule has 1 aliphatic rings. The number of alkyl halides is 3. The number of pyridine rings is 1. The molecule has 2 aromatic carbocycles. The third-order valence-corrected chi connectivity index (χ3v) is 8.08. The first kappa shape index (κ1) is 26.0. The summed E-state index contributed by atoms with van der Waals surface area (Å²) in [6, 6.07) is 11.0. The van der Waals surface area contributed by atoms with Gasteiger partial charge in [-0.25, -0.2) is 13.4 Å². The molecule has 0 saturated heterocycles. The smallest absolute Gasteiger partial charge is 0.416 e. The van der Waals surface area contributed by atoms with Gasteiger partial charge in [0.1, 0.15) is 23.2 Å². The van der Waals surface area contributed by atoms with Gasteiger partial charge in [-0.15, -0.1) is 11.3 Å². The number of nitrogens with zero attached hydrogens (tertiary/aromatic N) is 2. The summed E-state index contributed by atoms with van der Waals surface area (Å²) in [5, 5.41) is 1.89. The molecule has 1 aliphatic heterocycles. The SMILES string of the molecule is CC1(C)C[C@@H](Oc2ccc(C(F)(F)F)cc2-c2ccncc2)c2ccc(S(=O)(=O)Nc3nccs3)cc2O1. The van der Waals surface area contributed by atoms with E-state index in [0.717, 1.165) is 23.5 Å². The van der Waals surface area contributed by atoms with Crippen molar-refractivity contribution >= 4 is 26.5 Å². The number of rotatable bonds is 6. The molecule has 38 heavy (non-hydrogen) atoms. The Morgan fingerprint density at radius 3 is 2.53 bits per heavy atom. The van der Waals surface area contributed by atoms with Gasteiger partial charge in [0.25, 0.3) is 10.0 Å². The molecule has 198 valence electrons. The molecule has 0 spiro atoms. The van der Waals surface area contributed by atoms with Crippen molar-refractivity contribution in [3.63, 3.8) is 0 Å². The zero-order chi connectivity index (χ0) is 27.1. The van der Waals surface area contributed by atoms with Crippen LogP contribution in [-0.4, -0.2) is 24.0 Å². The fourth-order valence-corrected chi connectivity index (χ4v) is 6.01. The lowest BCUT2D eigenvalue weighted by atomic mass is 9.91. The third-order valence-electron chi connectivity index (χ3n) is 5.93. The van der Waals surface area contributed by atoms with Crippen molar-refractivity contribution < 1.29 is 31.1 Å². The van der Waals surface area contributed by atoms with Gasteiger partial charge in [0, 0.05) is 47.6 Å². The van der Waals surface area contributed by atoms with Crippen molar-refractivity contribution in [1.82, 2.24) is 9.97 Å². The standard InChI is InChI=1S/C26H22F3N3O4S2/c1-25(2)15-23(19-5-4-18(14-22(19)36-25)38(33,34)32-24-31-11-12-37-24)35-21-6-3-17(26(27,28)29)13-20(21)16-7-9-30-10-8-16/h3-14,23H,15H2,1-2H3,(H,31,32)/t23-/m1/s1. The predicted octanol–water partition coefficient (Wildman–Crippen LogP) is 6.71. The molecular formula is C26H22F3N3O4S2. The monoisotopic (exact) mass is 561 g/mol. The second-order valence-electron chi connectivity index (χ2n) is 9.26. The van der Waals surface area contributed by atoms with E-state index in [9.17, 15) is 21.6 Å². The van der Waals surface area contributed by atoms with Gasteiger partial charge in [-0.2, -0.15) is 13.2 Å². The number of aromatic nitrogens is 2. The van der Waals surface area contributed by atoms with Gasteiger partial charge in [-0.05, 0) is 55.8 Å². The Kier molecular flexibility index (Phi) is 6.56. The van der Waals surface area contributed by atoms with Gasteiger partial charge in [0.15, 0.2) is 5.13 Å². The molecule has 7 nitrogen and oxygen atoms in total. The molecule has 2 aromatic heterocycles. The Labute approximate surface area is 221 Å². The molecule has 0 unspecified atom stereocenters. The molecule has 0 aliphatic carbocycles. The maximum absolute atomic E-state index is 13.5. The summed E-state index contributed by atoms with van der Waals surface area (Å²) in [7, 11) is -3.93.